The fraction of sp³-hybridized carbons (Fsp3) is 0.435. The van der Waals surface area contributed by atoms with Crippen molar-refractivity contribution in [3.8, 4) is 5.88 Å². The van der Waals surface area contributed by atoms with Crippen molar-refractivity contribution in [2.45, 2.75) is 38.8 Å². The zero-order valence-corrected chi connectivity index (χ0v) is 20.2. The number of pyridine rings is 1. The smallest absolute Gasteiger partial charge is 0.227 e. The summed E-state index contributed by atoms with van der Waals surface area (Å²) in [4.78, 5) is 22.4. The van der Waals surface area contributed by atoms with Gasteiger partial charge >= 0.3 is 0 Å². The van der Waals surface area contributed by atoms with Crippen molar-refractivity contribution in [2.24, 2.45) is 10.9 Å². The minimum absolute atomic E-state index is 0. The van der Waals surface area contributed by atoms with E-state index in [1.54, 1.807) is 7.05 Å². The zero-order valence-electron chi connectivity index (χ0n) is 17.8. The Morgan fingerprint density at radius 2 is 1.84 bits per heavy atom. The summed E-state index contributed by atoms with van der Waals surface area (Å²) in [6.45, 7) is 2.87. The second-order valence-electron chi connectivity index (χ2n) is 7.85. The first-order chi connectivity index (χ1) is 14.7. The molecule has 2 fully saturated rings. The lowest BCUT2D eigenvalue weighted by Gasteiger charge is -2.16. The van der Waals surface area contributed by atoms with E-state index in [2.05, 4.69) is 20.6 Å². The lowest BCUT2D eigenvalue weighted by atomic mass is 10.2. The van der Waals surface area contributed by atoms with Crippen LogP contribution in [0.15, 0.2) is 47.6 Å². The van der Waals surface area contributed by atoms with Gasteiger partial charge in [0.25, 0.3) is 0 Å². The quantitative estimate of drug-likeness (QED) is 0.308. The predicted octanol–water partition coefficient (Wildman–Crippen LogP) is 3.48. The molecule has 1 saturated carbocycles. The molecule has 1 amide bonds. The Kier molecular flexibility index (Phi) is 8.51. The van der Waals surface area contributed by atoms with Crippen LogP contribution in [-0.4, -0.2) is 37.1 Å². The first kappa shape index (κ1) is 23.3. The third-order valence-corrected chi connectivity index (χ3v) is 5.43. The highest BCUT2D eigenvalue weighted by molar-refractivity contribution is 14.0. The molecule has 8 heteroatoms. The van der Waals surface area contributed by atoms with Crippen LogP contribution >= 0.6 is 24.0 Å². The van der Waals surface area contributed by atoms with Crippen LogP contribution < -0.4 is 20.3 Å². The molecule has 0 atom stereocenters. The monoisotopic (exact) mass is 535 g/mol. The number of halogens is 1. The maximum absolute atomic E-state index is 11.9. The van der Waals surface area contributed by atoms with Crippen molar-refractivity contribution in [3.63, 3.8) is 0 Å². The topological polar surface area (TPSA) is 78.9 Å². The number of guanidine groups is 1. The summed E-state index contributed by atoms with van der Waals surface area (Å²) in [6, 6.07) is 12.1. The molecule has 1 aromatic carbocycles. The van der Waals surface area contributed by atoms with Crippen LogP contribution in [0.1, 0.15) is 36.8 Å². The fourth-order valence-electron chi connectivity index (χ4n) is 3.40. The van der Waals surface area contributed by atoms with E-state index < -0.39 is 0 Å². The SMILES string of the molecule is CN=C(NCc1ccc(N2CCCC2=O)cc1)NCc1ccc(OCC2CC2)nc1.I. The van der Waals surface area contributed by atoms with E-state index in [4.69, 9.17) is 4.74 Å². The molecule has 4 rings (SSSR count). The minimum Gasteiger partial charge on any atom is -0.477 e. The van der Waals surface area contributed by atoms with E-state index in [0.29, 0.717) is 25.4 Å². The van der Waals surface area contributed by atoms with Gasteiger partial charge in [-0.15, -0.1) is 24.0 Å². The van der Waals surface area contributed by atoms with E-state index in [-0.39, 0.29) is 29.9 Å². The van der Waals surface area contributed by atoms with Crippen LogP contribution in [-0.2, 0) is 17.9 Å². The van der Waals surface area contributed by atoms with Crippen LogP contribution in [0, 0.1) is 5.92 Å². The number of carbonyl (C=O) groups excluding carboxylic acids is 1. The molecule has 2 aliphatic rings. The van der Waals surface area contributed by atoms with Gasteiger partial charge in [0.05, 0.1) is 6.61 Å². The molecular weight excluding hydrogens is 505 g/mol. The Hall–Kier alpha value is -2.36. The van der Waals surface area contributed by atoms with Gasteiger partial charge in [-0.05, 0) is 48.4 Å². The van der Waals surface area contributed by atoms with E-state index in [9.17, 15) is 4.79 Å². The van der Waals surface area contributed by atoms with Crippen LogP contribution in [0.5, 0.6) is 5.88 Å². The van der Waals surface area contributed by atoms with E-state index in [1.165, 1.54) is 12.8 Å². The summed E-state index contributed by atoms with van der Waals surface area (Å²) in [6.07, 6.45) is 5.97. The van der Waals surface area contributed by atoms with Gasteiger partial charge in [0.2, 0.25) is 11.8 Å². The molecule has 1 aliphatic carbocycles. The number of amides is 1. The van der Waals surface area contributed by atoms with Gasteiger partial charge < -0.3 is 20.3 Å². The third kappa shape index (κ3) is 6.81. The summed E-state index contributed by atoms with van der Waals surface area (Å²) in [5.41, 5.74) is 3.17. The molecule has 2 aromatic rings. The largest absolute Gasteiger partial charge is 0.477 e. The van der Waals surface area contributed by atoms with Crippen LogP contribution in [0.2, 0.25) is 0 Å². The Morgan fingerprint density at radius 1 is 1.13 bits per heavy atom. The average Bonchev–Trinajstić information content (AvgIpc) is 3.52. The summed E-state index contributed by atoms with van der Waals surface area (Å²) < 4.78 is 5.68. The molecule has 0 bridgehead atoms. The molecule has 7 nitrogen and oxygen atoms in total. The Balaban J connectivity index is 0.00000272. The summed E-state index contributed by atoms with van der Waals surface area (Å²) in [5, 5.41) is 6.62. The number of hydrogen-bond donors (Lipinski definition) is 2. The molecule has 166 valence electrons. The number of nitrogens with zero attached hydrogens (tertiary/aromatic N) is 3. The predicted molar refractivity (Wildman–Crippen MR) is 133 cm³/mol. The number of aromatic nitrogens is 1. The third-order valence-electron chi connectivity index (χ3n) is 5.43. The number of ether oxygens (including phenoxy) is 1. The molecule has 2 heterocycles. The first-order valence-corrected chi connectivity index (χ1v) is 10.6. The van der Waals surface area contributed by atoms with Gasteiger partial charge in [0, 0.05) is 51.1 Å². The number of carbonyl (C=O) groups is 1. The molecule has 0 unspecified atom stereocenters. The van der Waals surface area contributed by atoms with Gasteiger partial charge in [-0.3, -0.25) is 9.79 Å². The normalized spacial score (nSPS) is 16.1. The number of aliphatic imine (C=N–C) groups is 1. The molecule has 1 aromatic heterocycles. The highest BCUT2D eigenvalue weighted by atomic mass is 127. The van der Waals surface area contributed by atoms with Crippen molar-refractivity contribution in [3.05, 3.63) is 53.7 Å². The van der Waals surface area contributed by atoms with Crippen molar-refractivity contribution in [1.29, 1.82) is 0 Å². The second-order valence-corrected chi connectivity index (χ2v) is 7.85. The fourth-order valence-corrected chi connectivity index (χ4v) is 3.40. The summed E-state index contributed by atoms with van der Waals surface area (Å²) in [5.74, 6) is 2.35. The Bertz CT molecular complexity index is 882. The number of benzene rings is 1. The Labute approximate surface area is 200 Å². The second kappa shape index (κ2) is 11.3. The number of rotatable bonds is 8. The molecule has 0 spiro atoms. The van der Waals surface area contributed by atoms with E-state index >= 15 is 0 Å². The van der Waals surface area contributed by atoms with Gasteiger partial charge in [-0.2, -0.15) is 0 Å². The highest BCUT2D eigenvalue weighted by Gasteiger charge is 2.22. The van der Waals surface area contributed by atoms with Crippen LogP contribution in [0.4, 0.5) is 5.69 Å². The maximum atomic E-state index is 11.9. The molecule has 2 N–H and O–H groups in total. The number of anilines is 1. The Morgan fingerprint density at radius 3 is 2.42 bits per heavy atom. The van der Waals surface area contributed by atoms with Gasteiger partial charge in [-0.25, -0.2) is 4.98 Å². The molecule has 1 aliphatic heterocycles. The lowest BCUT2D eigenvalue weighted by molar-refractivity contribution is -0.117. The summed E-state index contributed by atoms with van der Waals surface area (Å²) >= 11 is 0. The first-order valence-electron chi connectivity index (χ1n) is 10.6. The zero-order chi connectivity index (χ0) is 20.8. The van der Waals surface area contributed by atoms with E-state index in [0.717, 1.165) is 48.3 Å². The molecule has 31 heavy (non-hydrogen) atoms. The van der Waals surface area contributed by atoms with Crippen molar-refractivity contribution in [1.82, 2.24) is 15.6 Å². The maximum Gasteiger partial charge on any atom is 0.227 e. The highest BCUT2D eigenvalue weighted by Crippen LogP contribution is 2.29. The van der Waals surface area contributed by atoms with Gasteiger partial charge in [0.15, 0.2) is 5.96 Å². The van der Waals surface area contributed by atoms with Gasteiger partial charge in [0.1, 0.15) is 0 Å². The average molecular weight is 535 g/mol. The van der Waals surface area contributed by atoms with Crippen molar-refractivity contribution < 1.29 is 9.53 Å². The molecule has 0 radical (unpaired) electrons. The molecular formula is C23H30IN5O2. The number of hydrogen-bond acceptors (Lipinski definition) is 4. The van der Waals surface area contributed by atoms with Gasteiger partial charge in [-0.1, -0.05) is 18.2 Å². The number of nitrogens with one attached hydrogen (secondary N) is 2. The minimum atomic E-state index is 0. The molecule has 1 saturated heterocycles. The van der Waals surface area contributed by atoms with Crippen LogP contribution in [0.3, 0.4) is 0 Å². The summed E-state index contributed by atoms with van der Waals surface area (Å²) in [7, 11) is 1.75. The van der Waals surface area contributed by atoms with Crippen molar-refractivity contribution in [2.75, 3.05) is 25.1 Å². The standard InChI is InChI=1S/C23H29N5O2.HI/c1-24-23(27-15-19-8-11-21(25-14-19)30-16-18-4-5-18)26-13-17-6-9-20(10-7-17)28-12-2-3-22(28)29;/h6-11,14,18H,2-5,12-13,15-16H2,1H3,(H2,24,26,27);1H. The van der Waals surface area contributed by atoms with E-state index in [1.807, 2.05) is 47.5 Å². The van der Waals surface area contributed by atoms with Crippen molar-refractivity contribution >= 4 is 41.5 Å². The lowest BCUT2D eigenvalue weighted by Crippen LogP contribution is -2.36. The van der Waals surface area contributed by atoms with Crippen LogP contribution in [0.25, 0.3) is 0 Å².